The Bertz CT molecular complexity index is 543. The molecular formula is C16H28N6O2. The molecule has 1 aliphatic rings. The van der Waals surface area contributed by atoms with Gasteiger partial charge in [0.25, 0.3) is 0 Å². The number of anilines is 2. The highest BCUT2D eigenvalue weighted by molar-refractivity contribution is 5.68. The normalized spacial score (nSPS) is 14.9. The number of rotatable bonds is 6. The van der Waals surface area contributed by atoms with Gasteiger partial charge in [0.2, 0.25) is 5.95 Å². The van der Waals surface area contributed by atoms with Crippen LogP contribution >= 0.6 is 0 Å². The summed E-state index contributed by atoms with van der Waals surface area (Å²) in [5.41, 5.74) is 0.931. The van der Waals surface area contributed by atoms with Crippen LogP contribution in [0.2, 0.25) is 0 Å². The molecule has 1 N–H and O–H groups in total. The standard InChI is InChI=1S/C16H28N6O2/c1-5-24-16(23)22-10-8-21(9-11-22)15-18-13(2)12-14(19-15)17-6-7-20(3)4/h12H,5-11H2,1-4H3,(H,17,18,19). The summed E-state index contributed by atoms with van der Waals surface area (Å²) in [6, 6.07) is 1.95. The minimum Gasteiger partial charge on any atom is -0.450 e. The van der Waals surface area contributed by atoms with Gasteiger partial charge in [-0.2, -0.15) is 4.98 Å². The van der Waals surface area contributed by atoms with Crippen LogP contribution in [0.5, 0.6) is 0 Å². The number of hydrogen-bond acceptors (Lipinski definition) is 7. The molecule has 2 heterocycles. The lowest BCUT2D eigenvalue weighted by Gasteiger charge is -2.34. The van der Waals surface area contributed by atoms with Crippen LogP contribution in [0.1, 0.15) is 12.6 Å². The Balaban J connectivity index is 1.94. The van der Waals surface area contributed by atoms with Gasteiger partial charge in [-0.15, -0.1) is 0 Å². The zero-order valence-corrected chi connectivity index (χ0v) is 15.1. The topological polar surface area (TPSA) is 73.8 Å². The maximum atomic E-state index is 11.8. The van der Waals surface area contributed by atoms with Crippen molar-refractivity contribution in [2.24, 2.45) is 0 Å². The fourth-order valence-corrected chi connectivity index (χ4v) is 2.50. The minimum atomic E-state index is -0.242. The third-order valence-electron chi connectivity index (χ3n) is 3.80. The molecule has 24 heavy (non-hydrogen) atoms. The highest BCUT2D eigenvalue weighted by atomic mass is 16.6. The maximum Gasteiger partial charge on any atom is 0.409 e. The molecule has 0 aromatic carbocycles. The molecule has 0 spiro atoms. The highest BCUT2D eigenvalue weighted by Gasteiger charge is 2.23. The van der Waals surface area contributed by atoms with Crippen LogP contribution < -0.4 is 10.2 Å². The smallest absolute Gasteiger partial charge is 0.409 e. The van der Waals surface area contributed by atoms with Crippen molar-refractivity contribution in [3.05, 3.63) is 11.8 Å². The fourth-order valence-electron chi connectivity index (χ4n) is 2.50. The molecule has 1 aromatic heterocycles. The first kappa shape index (κ1) is 18.3. The van der Waals surface area contributed by atoms with Gasteiger partial charge in [-0.1, -0.05) is 0 Å². The van der Waals surface area contributed by atoms with E-state index in [1.807, 2.05) is 34.0 Å². The molecule has 0 unspecified atom stereocenters. The number of carbonyl (C=O) groups excluding carboxylic acids is 1. The van der Waals surface area contributed by atoms with Crippen LogP contribution in [-0.2, 0) is 4.74 Å². The molecule has 8 nitrogen and oxygen atoms in total. The summed E-state index contributed by atoms with van der Waals surface area (Å²) in [6.45, 7) is 8.63. The number of carbonyl (C=O) groups is 1. The van der Waals surface area contributed by atoms with Gasteiger partial charge in [-0.25, -0.2) is 9.78 Å². The van der Waals surface area contributed by atoms with E-state index in [-0.39, 0.29) is 6.09 Å². The number of amides is 1. The Morgan fingerprint density at radius 3 is 2.62 bits per heavy atom. The Morgan fingerprint density at radius 1 is 1.29 bits per heavy atom. The van der Waals surface area contributed by atoms with Crippen LogP contribution in [0.3, 0.4) is 0 Å². The van der Waals surface area contributed by atoms with Gasteiger partial charge < -0.3 is 24.8 Å². The van der Waals surface area contributed by atoms with E-state index in [9.17, 15) is 4.79 Å². The molecule has 1 amide bonds. The number of hydrogen-bond donors (Lipinski definition) is 1. The van der Waals surface area contributed by atoms with Gasteiger partial charge in [0.1, 0.15) is 5.82 Å². The van der Waals surface area contributed by atoms with E-state index in [1.54, 1.807) is 4.90 Å². The van der Waals surface area contributed by atoms with E-state index >= 15 is 0 Å². The number of piperazine rings is 1. The molecular weight excluding hydrogens is 308 g/mol. The summed E-state index contributed by atoms with van der Waals surface area (Å²) < 4.78 is 5.05. The molecule has 0 saturated carbocycles. The second-order valence-electron chi connectivity index (χ2n) is 6.10. The molecule has 0 bridgehead atoms. The van der Waals surface area contributed by atoms with E-state index in [0.717, 1.165) is 24.6 Å². The van der Waals surface area contributed by atoms with Crippen molar-refractivity contribution < 1.29 is 9.53 Å². The van der Waals surface area contributed by atoms with E-state index in [4.69, 9.17) is 4.74 Å². The SMILES string of the molecule is CCOC(=O)N1CCN(c2nc(C)cc(NCCN(C)C)n2)CC1. The lowest BCUT2D eigenvalue weighted by Crippen LogP contribution is -2.49. The van der Waals surface area contributed by atoms with Crippen molar-refractivity contribution in [3.63, 3.8) is 0 Å². The number of nitrogens with one attached hydrogen (secondary N) is 1. The summed E-state index contributed by atoms with van der Waals surface area (Å²) in [6.07, 6.45) is -0.242. The van der Waals surface area contributed by atoms with E-state index in [2.05, 4.69) is 25.1 Å². The van der Waals surface area contributed by atoms with Crippen molar-refractivity contribution in [3.8, 4) is 0 Å². The fraction of sp³-hybridized carbons (Fsp3) is 0.688. The summed E-state index contributed by atoms with van der Waals surface area (Å²) in [5.74, 6) is 1.55. The number of aryl methyl sites for hydroxylation is 1. The van der Waals surface area contributed by atoms with Crippen molar-refractivity contribution >= 4 is 17.9 Å². The third kappa shape index (κ3) is 5.23. The van der Waals surface area contributed by atoms with Crippen LogP contribution in [0.25, 0.3) is 0 Å². The molecule has 1 aliphatic heterocycles. The molecule has 0 aliphatic carbocycles. The molecule has 2 rings (SSSR count). The van der Waals surface area contributed by atoms with E-state index in [1.165, 1.54) is 0 Å². The van der Waals surface area contributed by atoms with Crippen molar-refractivity contribution in [2.75, 3.05) is 70.2 Å². The highest BCUT2D eigenvalue weighted by Crippen LogP contribution is 2.16. The summed E-state index contributed by atoms with van der Waals surface area (Å²) >= 11 is 0. The van der Waals surface area contributed by atoms with Crippen LogP contribution in [0.15, 0.2) is 6.07 Å². The Kier molecular flexibility index (Phi) is 6.60. The summed E-state index contributed by atoms with van der Waals surface area (Å²) in [4.78, 5) is 26.9. The minimum absolute atomic E-state index is 0.242. The second kappa shape index (κ2) is 8.68. The lowest BCUT2D eigenvalue weighted by molar-refractivity contribution is 0.105. The molecule has 1 aromatic rings. The predicted molar refractivity (Wildman–Crippen MR) is 94.6 cm³/mol. The number of nitrogens with zero attached hydrogens (tertiary/aromatic N) is 5. The summed E-state index contributed by atoms with van der Waals surface area (Å²) in [7, 11) is 4.09. The van der Waals surface area contributed by atoms with Crippen LogP contribution in [0.4, 0.5) is 16.6 Å². The summed E-state index contributed by atoms with van der Waals surface area (Å²) in [5, 5.41) is 3.34. The predicted octanol–water partition coefficient (Wildman–Crippen LogP) is 1.04. The van der Waals surface area contributed by atoms with E-state index in [0.29, 0.717) is 38.7 Å². The number of aromatic nitrogens is 2. The van der Waals surface area contributed by atoms with Gasteiger partial charge >= 0.3 is 6.09 Å². The second-order valence-corrected chi connectivity index (χ2v) is 6.10. The van der Waals surface area contributed by atoms with Crippen molar-refractivity contribution in [1.29, 1.82) is 0 Å². The molecule has 8 heteroatoms. The average molecular weight is 336 g/mol. The largest absolute Gasteiger partial charge is 0.450 e. The Morgan fingerprint density at radius 2 is 2.00 bits per heavy atom. The first-order chi connectivity index (χ1) is 11.5. The van der Waals surface area contributed by atoms with Gasteiger partial charge in [0, 0.05) is 51.0 Å². The average Bonchev–Trinajstić information content (AvgIpc) is 2.54. The molecule has 0 radical (unpaired) electrons. The lowest BCUT2D eigenvalue weighted by atomic mass is 10.3. The van der Waals surface area contributed by atoms with Crippen LogP contribution in [-0.4, -0.2) is 85.8 Å². The van der Waals surface area contributed by atoms with Gasteiger partial charge in [-0.3, -0.25) is 0 Å². The molecule has 134 valence electrons. The van der Waals surface area contributed by atoms with Gasteiger partial charge in [-0.05, 0) is 27.9 Å². The molecule has 0 atom stereocenters. The molecule has 1 saturated heterocycles. The molecule has 1 fully saturated rings. The maximum absolute atomic E-state index is 11.8. The van der Waals surface area contributed by atoms with Crippen molar-refractivity contribution in [1.82, 2.24) is 19.8 Å². The zero-order valence-electron chi connectivity index (χ0n) is 15.1. The Labute approximate surface area is 143 Å². The quantitative estimate of drug-likeness (QED) is 0.832. The first-order valence-electron chi connectivity index (χ1n) is 8.40. The number of ether oxygens (including phenoxy) is 1. The van der Waals surface area contributed by atoms with E-state index < -0.39 is 0 Å². The van der Waals surface area contributed by atoms with Crippen LogP contribution in [0, 0.1) is 6.92 Å². The first-order valence-corrected chi connectivity index (χ1v) is 8.40. The van der Waals surface area contributed by atoms with Gasteiger partial charge in [0.15, 0.2) is 0 Å². The monoisotopic (exact) mass is 336 g/mol. The third-order valence-corrected chi connectivity index (χ3v) is 3.80. The van der Waals surface area contributed by atoms with Gasteiger partial charge in [0.05, 0.1) is 6.61 Å². The number of likely N-dealkylation sites (N-methyl/N-ethyl adjacent to an activating group) is 1. The van der Waals surface area contributed by atoms with Crippen molar-refractivity contribution in [2.45, 2.75) is 13.8 Å². The zero-order chi connectivity index (χ0) is 17.5. The Hall–Kier alpha value is -2.09.